The number of aliphatic imine (C=N–C) groups is 1. The number of aromatic nitrogens is 2. The molecule has 1 fully saturated rings. The van der Waals surface area contributed by atoms with Gasteiger partial charge in [-0.15, -0.1) is 0 Å². The number of hydrogen-bond donors (Lipinski definition) is 2. The van der Waals surface area contributed by atoms with Crippen molar-refractivity contribution in [2.45, 2.75) is 31.7 Å². The third kappa shape index (κ3) is 3.59. The van der Waals surface area contributed by atoms with Crippen molar-refractivity contribution >= 4 is 17.0 Å². The Kier molecular flexibility index (Phi) is 5.03. The van der Waals surface area contributed by atoms with Crippen LogP contribution in [-0.2, 0) is 19.0 Å². The average Bonchev–Trinajstić information content (AvgIpc) is 3.43. The Morgan fingerprint density at radius 3 is 2.61 bits per heavy atom. The molecule has 0 amide bonds. The molecule has 2 N–H and O–H groups in total. The van der Waals surface area contributed by atoms with E-state index in [4.69, 9.17) is 4.99 Å². The van der Waals surface area contributed by atoms with Crippen LogP contribution in [0.3, 0.4) is 0 Å². The van der Waals surface area contributed by atoms with Crippen LogP contribution in [0, 0.1) is 5.82 Å². The van der Waals surface area contributed by atoms with Gasteiger partial charge < -0.3 is 15.2 Å². The zero-order chi connectivity index (χ0) is 19.6. The lowest BCUT2D eigenvalue weighted by atomic mass is 9.95. The molecule has 1 aromatic heterocycles. The Labute approximate surface area is 164 Å². The van der Waals surface area contributed by atoms with Gasteiger partial charge in [0.05, 0.1) is 11.0 Å². The summed E-state index contributed by atoms with van der Waals surface area (Å²) in [5, 5.41) is 6.69. The molecule has 2 aromatic carbocycles. The smallest absolute Gasteiger partial charge is 0.191 e. The predicted molar refractivity (Wildman–Crippen MR) is 111 cm³/mol. The molecule has 4 rings (SSSR count). The van der Waals surface area contributed by atoms with Crippen molar-refractivity contribution in [3.8, 4) is 0 Å². The second-order valence-corrected chi connectivity index (χ2v) is 7.38. The molecular formula is C22H26FN5. The third-order valence-corrected chi connectivity index (χ3v) is 5.50. The fraction of sp³-hybridized carbons (Fsp3) is 0.364. The quantitative estimate of drug-likeness (QED) is 0.509. The minimum Gasteiger partial charge on any atom is -0.357 e. The molecule has 28 heavy (non-hydrogen) atoms. The number of benzene rings is 2. The maximum atomic E-state index is 14.2. The summed E-state index contributed by atoms with van der Waals surface area (Å²) >= 11 is 0. The highest BCUT2D eigenvalue weighted by Gasteiger charge is 2.45. The van der Waals surface area contributed by atoms with Crippen molar-refractivity contribution in [2.75, 3.05) is 13.1 Å². The summed E-state index contributed by atoms with van der Waals surface area (Å²) in [7, 11) is 2.01. The van der Waals surface area contributed by atoms with Crippen LogP contribution in [0.5, 0.6) is 0 Å². The van der Waals surface area contributed by atoms with E-state index in [0.29, 0.717) is 13.1 Å². The largest absolute Gasteiger partial charge is 0.357 e. The Morgan fingerprint density at radius 1 is 1.14 bits per heavy atom. The van der Waals surface area contributed by atoms with Crippen LogP contribution >= 0.6 is 0 Å². The number of fused-ring (bicyclic) bond motifs is 1. The maximum absolute atomic E-state index is 14.2. The van der Waals surface area contributed by atoms with Crippen molar-refractivity contribution in [3.63, 3.8) is 0 Å². The van der Waals surface area contributed by atoms with Gasteiger partial charge in [-0.25, -0.2) is 14.4 Å². The van der Waals surface area contributed by atoms with Gasteiger partial charge in [0, 0.05) is 25.6 Å². The lowest BCUT2D eigenvalue weighted by Crippen LogP contribution is -2.41. The van der Waals surface area contributed by atoms with Crippen molar-refractivity contribution < 1.29 is 4.39 Å². The highest BCUT2D eigenvalue weighted by molar-refractivity contribution is 5.80. The number of imidazole rings is 1. The van der Waals surface area contributed by atoms with Gasteiger partial charge in [-0.05, 0) is 43.5 Å². The first-order valence-corrected chi connectivity index (χ1v) is 9.80. The summed E-state index contributed by atoms with van der Waals surface area (Å²) in [4.78, 5) is 9.38. The molecule has 1 saturated carbocycles. The molecule has 0 spiro atoms. The van der Waals surface area contributed by atoms with Crippen LogP contribution in [0.15, 0.2) is 53.5 Å². The van der Waals surface area contributed by atoms with Gasteiger partial charge in [0.15, 0.2) is 5.96 Å². The number of rotatable bonds is 6. The normalized spacial score (nSPS) is 15.6. The van der Waals surface area contributed by atoms with E-state index < -0.39 is 0 Å². The summed E-state index contributed by atoms with van der Waals surface area (Å²) in [5.74, 6) is 1.52. The van der Waals surface area contributed by atoms with Gasteiger partial charge in [0.1, 0.15) is 18.2 Å². The summed E-state index contributed by atoms with van der Waals surface area (Å²) in [6, 6.07) is 15.2. The highest BCUT2D eigenvalue weighted by atomic mass is 19.1. The number of para-hydroxylation sites is 2. The Bertz CT molecular complexity index is 1000. The van der Waals surface area contributed by atoms with E-state index in [9.17, 15) is 4.39 Å². The Hall–Kier alpha value is -2.89. The first kappa shape index (κ1) is 18.5. The minimum absolute atomic E-state index is 0.122. The lowest BCUT2D eigenvalue weighted by Gasteiger charge is -2.19. The van der Waals surface area contributed by atoms with E-state index in [2.05, 4.69) is 26.3 Å². The van der Waals surface area contributed by atoms with Crippen LogP contribution in [0.1, 0.15) is 31.2 Å². The van der Waals surface area contributed by atoms with Crippen molar-refractivity contribution in [3.05, 3.63) is 65.7 Å². The van der Waals surface area contributed by atoms with E-state index in [1.165, 1.54) is 0 Å². The number of aryl methyl sites for hydroxylation is 1. The number of hydrogen-bond acceptors (Lipinski definition) is 2. The van der Waals surface area contributed by atoms with Crippen molar-refractivity contribution in [1.29, 1.82) is 0 Å². The molecule has 1 heterocycles. The molecule has 1 aliphatic carbocycles. The van der Waals surface area contributed by atoms with E-state index in [1.807, 2.05) is 44.3 Å². The second kappa shape index (κ2) is 7.62. The van der Waals surface area contributed by atoms with Gasteiger partial charge in [0.25, 0.3) is 0 Å². The number of halogens is 1. The molecule has 5 nitrogen and oxygen atoms in total. The molecule has 3 aromatic rings. The van der Waals surface area contributed by atoms with E-state index in [1.54, 1.807) is 12.1 Å². The molecule has 146 valence electrons. The molecule has 0 atom stereocenters. The topological polar surface area (TPSA) is 54.2 Å². The van der Waals surface area contributed by atoms with Crippen LogP contribution in [0.25, 0.3) is 11.0 Å². The Balaban J connectivity index is 1.48. The zero-order valence-corrected chi connectivity index (χ0v) is 16.4. The predicted octanol–water partition coefficient (Wildman–Crippen LogP) is 3.50. The Morgan fingerprint density at radius 2 is 1.89 bits per heavy atom. The van der Waals surface area contributed by atoms with Gasteiger partial charge in [-0.2, -0.15) is 0 Å². The SMILES string of the molecule is CCNC(=NCc1nc2ccccc2n1C)NCC1(c2ccccc2F)CC1. The molecule has 0 unspecified atom stereocenters. The summed E-state index contributed by atoms with van der Waals surface area (Å²) in [6.07, 6.45) is 1.98. The zero-order valence-electron chi connectivity index (χ0n) is 16.4. The lowest BCUT2D eigenvalue weighted by molar-refractivity contribution is 0.559. The average molecular weight is 379 g/mol. The van der Waals surface area contributed by atoms with E-state index in [0.717, 1.165) is 47.8 Å². The molecule has 0 bridgehead atoms. The van der Waals surface area contributed by atoms with Crippen LogP contribution in [0.4, 0.5) is 4.39 Å². The molecule has 0 saturated heterocycles. The fourth-order valence-electron chi connectivity index (χ4n) is 3.66. The minimum atomic E-state index is -0.126. The summed E-state index contributed by atoms with van der Waals surface area (Å²) in [5.41, 5.74) is 2.75. The van der Waals surface area contributed by atoms with Gasteiger partial charge in [0.2, 0.25) is 0 Å². The molecule has 1 aliphatic rings. The second-order valence-electron chi connectivity index (χ2n) is 7.38. The van der Waals surface area contributed by atoms with E-state index >= 15 is 0 Å². The maximum Gasteiger partial charge on any atom is 0.191 e. The standard InChI is InChI=1S/C22H26FN5/c1-3-24-21(25-14-20-27-18-10-6-7-11-19(18)28(20)2)26-15-22(12-13-22)16-8-4-5-9-17(16)23/h4-11H,3,12-15H2,1-2H3,(H2,24,25,26). The monoisotopic (exact) mass is 379 g/mol. The summed E-state index contributed by atoms with van der Waals surface area (Å²) in [6.45, 7) is 3.95. The third-order valence-electron chi connectivity index (χ3n) is 5.50. The number of nitrogens with one attached hydrogen (secondary N) is 2. The van der Waals surface area contributed by atoms with Crippen LogP contribution < -0.4 is 10.6 Å². The number of guanidine groups is 1. The molecule has 0 radical (unpaired) electrons. The molecule has 0 aliphatic heterocycles. The van der Waals surface area contributed by atoms with Crippen LogP contribution in [0.2, 0.25) is 0 Å². The van der Waals surface area contributed by atoms with Gasteiger partial charge >= 0.3 is 0 Å². The summed E-state index contributed by atoms with van der Waals surface area (Å²) < 4.78 is 16.3. The van der Waals surface area contributed by atoms with Gasteiger partial charge in [-0.1, -0.05) is 30.3 Å². The highest BCUT2D eigenvalue weighted by Crippen LogP contribution is 2.48. The first-order valence-electron chi connectivity index (χ1n) is 9.80. The van der Waals surface area contributed by atoms with Crippen molar-refractivity contribution in [1.82, 2.24) is 20.2 Å². The molecular weight excluding hydrogens is 353 g/mol. The molecule has 6 heteroatoms. The van der Waals surface area contributed by atoms with E-state index in [-0.39, 0.29) is 11.2 Å². The van der Waals surface area contributed by atoms with Crippen molar-refractivity contribution in [2.24, 2.45) is 12.0 Å². The van der Waals surface area contributed by atoms with Gasteiger partial charge in [-0.3, -0.25) is 0 Å². The first-order chi connectivity index (χ1) is 13.6. The number of nitrogens with zero attached hydrogens (tertiary/aromatic N) is 3. The fourth-order valence-corrected chi connectivity index (χ4v) is 3.66. The van der Waals surface area contributed by atoms with Crippen LogP contribution in [-0.4, -0.2) is 28.6 Å².